The van der Waals surface area contributed by atoms with Crippen LogP contribution < -0.4 is 20.3 Å². The molecule has 5 rings (SSSR count). The molecule has 1 N–H and O–H groups in total. The summed E-state index contributed by atoms with van der Waals surface area (Å²) in [6.45, 7) is 3.90. The smallest absolute Gasteiger partial charge is 0.282 e. The van der Waals surface area contributed by atoms with Crippen LogP contribution in [0.2, 0.25) is 5.02 Å². The van der Waals surface area contributed by atoms with Gasteiger partial charge in [-0.25, -0.2) is 4.98 Å². The van der Waals surface area contributed by atoms with Crippen molar-refractivity contribution in [2.75, 3.05) is 18.5 Å². The van der Waals surface area contributed by atoms with Crippen LogP contribution in [-0.4, -0.2) is 35.0 Å². The van der Waals surface area contributed by atoms with Crippen LogP contribution in [0.15, 0.2) is 69.0 Å². The number of anilines is 1. The second kappa shape index (κ2) is 13.5. The minimum atomic E-state index is -0.336. The van der Waals surface area contributed by atoms with E-state index in [-0.39, 0.29) is 34.8 Å². The molecule has 0 spiro atoms. The van der Waals surface area contributed by atoms with Gasteiger partial charge in [0, 0.05) is 21.6 Å². The Hall–Kier alpha value is -3.69. The maximum atomic E-state index is 13.6. The second-order valence-electron chi connectivity index (χ2n) is 10.2. The number of fused-ring (bicyclic) bond motifs is 1. The number of ether oxygens (including phenoxy) is 2. The molecule has 0 aliphatic heterocycles. The van der Waals surface area contributed by atoms with Gasteiger partial charge in [-0.2, -0.15) is 9.78 Å². The van der Waals surface area contributed by atoms with Gasteiger partial charge in [-0.1, -0.05) is 60.7 Å². The summed E-state index contributed by atoms with van der Waals surface area (Å²) in [5, 5.41) is 8.17. The third-order valence-electron chi connectivity index (χ3n) is 7.20. The number of benzene rings is 3. The lowest BCUT2D eigenvalue weighted by Gasteiger charge is -2.22. The first-order valence-corrected chi connectivity index (χ1v) is 15.2. The van der Waals surface area contributed by atoms with Crippen LogP contribution >= 0.6 is 27.5 Å². The Labute approximate surface area is 257 Å². The Morgan fingerprint density at radius 1 is 1.14 bits per heavy atom. The number of hydrogen-bond acceptors (Lipinski definition) is 6. The Balaban J connectivity index is 1.45. The van der Waals surface area contributed by atoms with Crippen molar-refractivity contribution in [3.05, 3.63) is 91.4 Å². The van der Waals surface area contributed by atoms with Crippen molar-refractivity contribution in [2.24, 2.45) is 5.10 Å². The number of carbonyl (C=O) groups excluding carboxylic acids is 1. The van der Waals surface area contributed by atoms with Gasteiger partial charge in [-0.05, 0) is 73.0 Å². The Bertz CT molecular complexity index is 1680. The molecule has 0 bridgehead atoms. The molecule has 1 heterocycles. The third-order valence-corrected chi connectivity index (χ3v) is 8.64. The fourth-order valence-electron chi connectivity index (χ4n) is 5.06. The summed E-state index contributed by atoms with van der Waals surface area (Å²) in [5.74, 6) is 1.07. The van der Waals surface area contributed by atoms with E-state index in [1.54, 1.807) is 18.3 Å². The number of nitrogens with zero attached hydrogens (tertiary/aromatic N) is 3. The maximum absolute atomic E-state index is 13.6. The Morgan fingerprint density at radius 2 is 1.88 bits per heavy atom. The highest BCUT2D eigenvalue weighted by atomic mass is 79.9. The van der Waals surface area contributed by atoms with E-state index in [4.69, 9.17) is 26.1 Å². The second-order valence-corrected chi connectivity index (χ2v) is 11.4. The highest BCUT2D eigenvalue weighted by Crippen LogP contribution is 2.42. The molecule has 0 radical (unpaired) electrons. The highest BCUT2D eigenvalue weighted by molar-refractivity contribution is 9.10. The molecule has 0 saturated heterocycles. The minimum absolute atomic E-state index is 0.154. The number of aryl methyl sites for hydroxylation is 1. The number of amides is 1. The van der Waals surface area contributed by atoms with E-state index in [0.717, 1.165) is 31.2 Å². The molecule has 1 aliphatic carbocycles. The van der Waals surface area contributed by atoms with Crippen molar-refractivity contribution in [3.8, 4) is 11.5 Å². The molecule has 0 atom stereocenters. The number of hydrogen-bond donors (Lipinski definition) is 1. The maximum Gasteiger partial charge on any atom is 0.282 e. The highest BCUT2D eigenvalue weighted by Gasteiger charge is 2.23. The summed E-state index contributed by atoms with van der Waals surface area (Å²) in [6.07, 6.45) is 6.88. The number of rotatable bonds is 9. The molecule has 1 fully saturated rings. The zero-order valence-corrected chi connectivity index (χ0v) is 25.9. The van der Waals surface area contributed by atoms with E-state index in [9.17, 15) is 9.59 Å². The van der Waals surface area contributed by atoms with Crippen molar-refractivity contribution in [1.29, 1.82) is 0 Å². The van der Waals surface area contributed by atoms with E-state index in [2.05, 4.69) is 26.3 Å². The standard InChI is InChI=1S/C32H32BrClN4O4/c1-3-41-26-17-22(28(33)29(34)30(26)42-19-27(39)36-23-15-13-20(2)14-16-23)18-35-38-31(21-9-5-4-6-10-21)37-25-12-8-7-11-24(25)32(38)40/h7-8,11-18,21H,3-6,9-10,19H2,1-2H3,(H,36,39). The van der Waals surface area contributed by atoms with E-state index in [0.29, 0.717) is 44.8 Å². The summed E-state index contributed by atoms with van der Waals surface area (Å²) >= 11 is 10.3. The fourth-order valence-corrected chi connectivity index (χ4v) is 5.72. The fraction of sp³-hybridized carbons (Fsp3) is 0.312. The summed E-state index contributed by atoms with van der Waals surface area (Å²) in [4.78, 5) is 31.0. The van der Waals surface area contributed by atoms with Crippen molar-refractivity contribution in [2.45, 2.75) is 51.9 Å². The van der Waals surface area contributed by atoms with Crippen LogP contribution in [0.25, 0.3) is 10.9 Å². The van der Waals surface area contributed by atoms with Crippen LogP contribution in [0.4, 0.5) is 5.69 Å². The lowest BCUT2D eigenvalue weighted by atomic mass is 9.88. The van der Waals surface area contributed by atoms with Crippen LogP contribution in [0.1, 0.15) is 61.9 Å². The van der Waals surface area contributed by atoms with Crippen LogP contribution in [0.5, 0.6) is 11.5 Å². The topological polar surface area (TPSA) is 94.8 Å². The van der Waals surface area contributed by atoms with Crippen LogP contribution in [0, 0.1) is 6.92 Å². The van der Waals surface area contributed by atoms with Crippen LogP contribution in [0.3, 0.4) is 0 Å². The average Bonchev–Trinajstić information content (AvgIpc) is 3.00. The monoisotopic (exact) mass is 650 g/mol. The van der Waals surface area contributed by atoms with Crippen molar-refractivity contribution in [1.82, 2.24) is 9.66 Å². The van der Waals surface area contributed by atoms with Gasteiger partial charge in [0.25, 0.3) is 11.5 Å². The molecule has 0 unspecified atom stereocenters. The molecule has 1 amide bonds. The van der Waals surface area contributed by atoms with Gasteiger partial charge in [0.2, 0.25) is 0 Å². The average molecular weight is 652 g/mol. The zero-order chi connectivity index (χ0) is 29.6. The molecule has 1 aromatic heterocycles. The molecule has 10 heteroatoms. The molecule has 42 heavy (non-hydrogen) atoms. The lowest BCUT2D eigenvalue weighted by molar-refractivity contribution is -0.118. The third kappa shape index (κ3) is 6.68. The number of halogens is 2. The number of carbonyl (C=O) groups is 1. The van der Waals surface area contributed by atoms with Gasteiger partial charge in [0.15, 0.2) is 18.1 Å². The van der Waals surface area contributed by atoms with Gasteiger partial charge in [-0.15, -0.1) is 0 Å². The van der Waals surface area contributed by atoms with Crippen molar-refractivity contribution >= 4 is 56.2 Å². The first-order valence-electron chi connectivity index (χ1n) is 14.1. The Morgan fingerprint density at radius 3 is 2.62 bits per heavy atom. The number of para-hydroxylation sites is 1. The quantitative estimate of drug-likeness (QED) is 0.190. The summed E-state index contributed by atoms with van der Waals surface area (Å²) < 4.78 is 13.6. The minimum Gasteiger partial charge on any atom is -0.490 e. The molecule has 218 valence electrons. The van der Waals surface area contributed by atoms with E-state index < -0.39 is 0 Å². The molecular weight excluding hydrogens is 620 g/mol. The molecule has 3 aromatic carbocycles. The van der Waals surface area contributed by atoms with Gasteiger partial charge >= 0.3 is 0 Å². The van der Waals surface area contributed by atoms with E-state index in [1.807, 2.05) is 56.3 Å². The van der Waals surface area contributed by atoms with Gasteiger partial charge < -0.3 is 14.8 Å². The summed E-state index contributed by atoms with van der Waals surface area (Å²) in [5.41, 5.74) is 2.80. The van der Waals surface area contributed by atoms with E-state index >= 15 is 0 Å². The predicted molar refractivity (Wildman–Crippen MR) is 170 cm³/mol. The first-order chi connectivity index (χ1) is 20.4. The van der Waals surface area contributed by atoms with Gasteiger partial charge in [-0.3, -0.25) is 9.59 Å². The predicted octanol–water partition coefficient (Wildman–Crippen LogP) is 7.47. The number of nitrogens with one attached hydrogen (secondary N) is 1. The lowest BCUT2D eigenvalue weighted by Crippen LogP contribution is -2.25. The van der Waals surface area contributed by atoms with Crippen molar-refractivity contribution in [3.63, 3.8) is 0 Å². The van der Waals surface area contributed by atoms with Crippen molar-refractivity contribution < 1.29 is 14.3 Å². The number of aromatic nitrogens is 2. The Kier molecular flexibility index (Phi) is 9.59. The molecular formula is C32H32BrClN4O4. The SMILES string of the molecule is CCOc1cc(C=Nn2c(C3CCCCC3)nc3ccccc3c2=O)c(Br)c(Cl)c1OCC(=O)Nc1ccc(C)cc1. The van der Waals surface area contributed by atoms with Crippen LogP contribution in [-0.2, 0) is 4.79 Å². The summed E-state index contributed by atoms with van der Waals surface area (Å²) in [6, 6.07) is 16.5. The molecule has 1 saturated carbocycles. The normalized spacial score (nSPS) is 13.9. The van der Waals surface area contributed by atoms with E-state index in [1.165, 1.54) is 11.1 Å². The molecule has 8 nitrogen and oxygen atoms in total. The zero-order valence-electron chi connectivity index (χ0n) is 23.5. The molecule has 4 aromatic rings. The van der Waals surface area contributed by atoms with Gasteiger partial charge in [0.05, 0.1) is 23.7 Å². The summed E-state index contributed by atoms with van der Waals surface area (Å²) in [7, 11) is 0. The first kappa shape index (κ1) is 29.8. The molecule has 1 aliphatic rings. The van der Waals surface area contributed by atoms with Gasteiger partial charge in [0.1, 0.15) is 10.8 Å². The largest absolute Gasteiger partial charge is 0.490 e.